The lowest BCUT2D eigenvalue weighted by Gasteiger charge is -2.14. The predicted molar refractivity (Wildman–Crippen MR) is 73.7 cm³/mol. The van der Waals surface area contributed by atoms with Gasteiger partial charge in [-0.3, -0.25) is 4.79 Å². The summed E-state index contributed by atoms with van der Waals surface area (Å²) in [4.78, 5) is 11.0. The van der Waals surface area contributed by atoms with E-state index in [1.807, 2.05) is 0 Å². The van der Waals surface area contributed by atoms with Crippen LogP contribution in [0.3, 0.4) is 0 Å². The van der Waals surface area contributed by atoms with E-state index in [0.29, 0.717) is 18.6 Å². The molecule has 2 aromatic carbocycles. The molecule has 0 aliphatic rings. The normalized spacial score (nSPS) is 10.2. The lowest BCUT2D eigenvalue weighted by molar-refractivity contribution is 0.111. The zero-order chi connectivity index (χ0) is 15.2. The second-order valence-corrected chi connectivity index (χ2v) is 4.25. The fourth-order valence-electron chi connectivity index (χ4n) is 1.85. The molecule has 0 aliphatic carbocycles. The summed E-state index contributed by atoms with van der Waals surface area (Å²) >= 11 is 0. The zero-order valence-electron chi connectivity index (χ0n) is 11.4. The first kappa shape index (κ1) is 15.0. The third-order valence-electron chi connectivity index (χ3n) is 2.82. The molecule has 2 rings (SSSR count). The van der Waals surface area contributed by atoms with Crippen LogP contribution >= 0.6 is 0 Å². The van der Waals surface area contributed by atoms with Gasteiger partial charge in [-0.2, -0.15) is 0 Å². The lowest BCUT2D eigenvalue weighted by Crippen LogP contribution is -2.04. The Morgan fingerprint density at radius 2 is 1.95 bits per heavy atom. The van der Waals surface area contributed by atoms with E-state index < -0.39 is 11.6 Å². The second kappa shape index (κ2) is 6.83. The van der Waals surface area contributed by atoms with E-state index >= 15 is 0 Å². The number of carbonyl (C=O) groups is 1. The van der Waals surface area contributed by atoms with Crippen LogP contribution in [0.4, 0.5) is 8.78 Å². The maximum absolute atomic E-state index is 13.6. The fraction of sp³-hybridized carbons (Fsp3) is 0.188. The summed E-state index contributed by atoms with van der Waals surface area (Å²) < 4.78 is 37.5. The maximum Gasteiger partial charge on any atom is 0.172 e. The highest BCUT2D eigenvalue weighted by molar-refractivity contribution is 5.81. The standard InChI is InChI=1S/C16H14F2O3/c1-2-20-15-5-3-4-11(9-19)16(15)21-10-12-8-13(17)6-7-14(12)18/h3-9H,2,10H2,1H3. The number of benzene rings is 2. The molecule has 0 bridgehead atoms. The van der Waals surface area contributed by atoms with E-state index in [1.54, 1.807) is 25.1 Å². The van der Waals surface area contributed by atoms with Crippen LogP contribution in [0.2, 0.25) is 0 Å². The van der Waals surface area contributed by atoms with Gasteiger partial charge in [0.2, 0.25) is 0 Å². The van der Waals surface area contributed by atoms with Crippen LogP contribution in [0.15, 0.2) is 36.4 Å². The molecule has 0 fully saturated rings. The Labute approximate surface area is 121 Å². The summed E-state index contributed by atoms with van der Waals surface area (Å²) in [6.45, 7) is 1.99. The van der Waals surface area contributed by atoms with Crippen molar-refractivity contribution in [3.63, 3.8) is 0 Å². The first-order chi connectivity index (χ1) is 10.2. The molecule has 3 nitrogen and oxygen atoms in total. The Kier molecular flexibility index (Phi) is 4.87. The van der Waals surface area contributed by atoms with Crippen molar-refractivity contribution in [2.24, 2.45) is 0 Å². The SMILES string of the molecule is CCOc1cccc(C=O)c1OCc1cc(F)ccc1F. The largest absolute Gasteiger partial charge is 0.490 e. The quantitative estimate of drug-likeness (QED) is 0.761. The van der Waals surface area contributed by atoms with Gasteiger partial charge in [-0.15, -0.1) is 0 Å². The van der Waals surface area contributed by atoms with Gasteiger partial charge < -0.3 is 9.47 Å². The molecule has 0 heterocycles. The van der Waals surface area contributed by atoms with Crippen LogP contribution in [-0.4, -0.2) is 12.9 Å². The van der Waals surface area contributed by atoms with E-state index in [4.69, 9.17) is 9.47 Å². The summed E-state index contributed by atoms with van der Waals surface area (Å²) in [6, 6.07) is 7.98. The van der Waals surface area contributed by atoms with E-state index in [0.717, 1.165) is 18.2 Å². The topological polar surface area (TPSA) is 35.5 Å². The molecule has 110 valence electrons. The summed E-state index contributed by atoms with van der Waals surface area (Å²) in [6.07, 6.45) is 0.625. The van der Waals surface area contributed by atoms with Crippen molar-refractivity contribution in [2.75, 3.05) is 6.61 Å². The first-order valence-corrected chi connectivity index (χ1v) is 6.43. The van der Waals surface area contributed by atoms with E-state index in [1.165, 1.54) is 0 Å². The van der Waals surface area contributed by atoms with E-state index in [-0.39, 0.29) is 23.5 Å². The summed E-state index contributed by atoms with van der Waals surface area (Å²) in [5.41, 5.74) is 0.357. The van der Waals surface area contributed by atoms with Gasteiger partial charge in [0.15, 0.2) is 17.8 Å². The van der Waals surface area contributed by atoms with Crippen LogP contribution in [-0.2, 0) is 6.61 Å². The average Bonchev–Trinajstić information content (AvgIpc) is 2.49. The summed E-state index contributed by atoms with van der Waals surface area (Å²) in [5.74, 6) is -0.515. The van der Waals surface area contributed by atoms with Crippen molar-refractivity contribution in [1.82, 2.24) is 0 Å². The minimum Gasteiger partial charge on any atom is -0.490 e. The van der Waals surface area contributed by atoms with Gasteiger partial charge in [0.05, 0.1) is 12.2 Å². The minimum atomic E-state index is -0.571. The Balaban J connectivity index is 2.26. The molecule has 0 aliphatic heterocycles. The van der Waals surface area contributed by atoms with Gasteiger partial charge in [-0.25, -0.2) is 8.78 Å². The molecule has 0 atom stereocenters. The average molecular weight is 292 g/mol. The van der Waals surface area contributed by atoms with Crippen molar-refractivity contribution in [3.05, 3.63) is 59.2 Å². The third-order valence-corrected chi connectivity index (χ3v) is 2.82. The number of hydrogen-bond acceptors (Lipinski definition) is 3. The van der Waals surface area contributed by atoms with Gasteiger partial charge in [-0.1, -0.05) is 6.07 Å². The molecule has 0 aromatic heterocycles. The molecular weight excluding hydrogens is 278 g/mol. The van der Waals surface area contributed by atoms with Crippen LogP contribution in [0.5, 0.6) is 11.5 Å². The molecule has 0 spiro atoms. The maximum atomic E-state index is 13.6. The lowest BCUT2D eigenvalue weighted by atomic mass is 10.2. The molecule has 5 heteroatoms. The molecule has 0 amide bonds. The first-order valence-electron chi connectivity index (χ1n) is 6.43. The van der Waals surface area contributed by atoms with Crippen LogP contribution in [0, 0.1) is 11.6 Å². The van der Waals surface area contributed by atoms with Crippen molar-refractivity contribution < 1.29 is 23.0 Å². The number of rotatable bonds is 6. The smallest absolute Gasteiger partial charge is 0.172 e. The molecule has 21 heavy (non-hydrogen) atoms. The Morgan fingerprint density at radius 1 is 1.14 bits per heavy atom. The molecule has 0 unspecified atom stereocenters. The number of halogens is 2. The minimum absolute atomic E-state index is 0.0677. The van der Waals surface area contributed by atoms with Gasteiger partial charge in [0.1, 0.15) is 18.2 Å². The molecule has 0 N–H and O–H groups in total. The number of hydrogen-bond donors (Lipinski definition) is 0. The molecular formula is C16H14F2O3. The number of aldehydes is 1. The number of ether oxygens (including phenoxy) is 2. The Morgan fingerprint density at radius 3 is 2.67 bits per heavy atom. The van der Waals surface area contributed by atoms with Gasteiger partial charge in [-0.05, 0) is 37.3 Å². The van der Waals surface area contributed by atoms with Crippen LogP contribution in [0.1, 0.15) is 22.8 Å². The Hall–Kier alpha value is -2.43. The van der Waals surface area contributed by atoms with Gasteiger partial charge in [0, 0.05) is 5.56 Å². The zero-order valence-corrected chi connectivity index (χ0v) is 11.4. The molecule has 2 aromatic rings. The highest BCUT2D eigenvalue weighted by atomic mass is 19.1. The van der Waals surface area contributed by atoms with Crippen molar-refractivity contribution in [3.8, 4) is 11.5 Å². The van der Waals surface area contributed by atoms with Gasteiger partial charge >= 0.3 is 0 Å². The van der Waals surface area contributed by atoms with Crippen LogP contribution < -0.4 is 9.47 Å². The van der Waals surface area contributed by atoms with Crippen molar-refractivity contribution in [1.29, 1.82) is 0 Å². The fourth-order valence-corrected chi connectivity index (χ4v) is 1.85. The van der Waals surface area contributed by atoms with E-state index in [9.17, 15) is 13.6 Å². The van der Waals surface area contributed by atoms with Crippen LogP contribution in [0.25, 0.3) is 0 Å². The second-order valence-electron chi connectivity index (χ2n) is 4.25. The molecule has 0 saturated heterocycles. The molecule has 0 radical (unpaired) electrons. The van der Waals surface area contributed by atoms with Gasteiger partial charge in [0.25, 0.3) is 0 Å². The molecule has 0 saturated carbocycles. The monoisotopic (exact) mass is 292 g/mol. The summed E-state index contributed by atoms with van der Waals surface area (Å²) in [5, 5.41) is 0. The van der Waals surface area contributed by atoms with Crippen molar-refractivity contribution >= 4 is 6.29 Å². The van der Waals surface area contributed by atoms with E-state index in [2.05, 4.69) is 0 Å². The number of para-hydroxylation sites is 1. The Bertz CT molecular complexity index is 641. The van der Waals surface area contributed by atoms with Crippen molar-refractivity contribution in [2.45, 2.75) is 13.5 Å². The highest BCUT2D eigenvalue weighted by Gasteiger charge is 2.12. The summed E-state index contributed by atoms with van der Waals surface area (Å²) in [7, 11) is 0. The third kappa shape index (κ3) is 3.56. The number of carbonyl (C=O) groups excluding carboxylic acids is 1. The predicted octanol–water partition coefficient (Wildman–Crippen LogP) is 3.76. The highest BCUT2D eigenvalue weighted by Crippen LogP contribution is 2.31.